The van der Waals surface area contributed by atoms with Gasteiger partial charge >= 0.3 is 0 Å². The van der Waals surface area contributed by atoms with Crippen LogP contribution in [0.5, 0.6) is 5.75 Å². The minimum atomic E-state index is -3.22. The van der Waals surface area contributed by atoms with Gasteiger partial charge in [0, 0.05) is 31.6 Å². The fourth-order valence-corrected chi connectivity index (χ4v) is 4.63. The van der Waals surface area contributed by atoms with Crippen LogP contribution in [0.1, 0.15) is 23.2 Å². The summed E-state index contributed by atoms with van der Waals surface area (Å²) in [7, 11) is -3.22. The Hall–Kier alpha value is -2.84. The van der Waals surface area contributed by atoms with E-state index in [1.54, 1.807) is 24.0 Å². The molecule has 0 atom stereocenters. The van der Waals surface area contributed by atoms with E-state index in [9.17, 15) is 13.2 Å². The molecule has 0 radical (unpaired) electrons. The van der Waals surface area contributed by atoms with Gasteiger partial charge in [-0.15, -0.1) is 0 Å². The monoisotopic (exact) mass is 428 g/mol. The normalized spacial score (nSPS) is 15.4. The van der Waals surface area contributed by atoms with Crippen LogP contribution in [0, 0.1) is 0 Å². The van der Waals surface area contributed by atoms with E-state index in [2.05, 4.69) is 0 Å². The quantitative estimate of drug-likeness (QED) is 0.603. The van der Waals surface area contributed by atoms with Crippen LogP contribution in [0.2, 0.25) is 0 Å². The first-order valence-electron chi connectivity index (χ1n) is 9.94. The molecule has 4 rings (SSSR count). The predicted octanol–water partition coefficient (Wildman–Crippen LogP) is 3.12. The Kier molecular flexibility index (Phi) is 5.78. The number of fused-ring (bicyclic) bond motifs is 1. The first-order chi connectivity index (χ1) is 14.5. The number of carbonyl (C=O) groups is 1. The van der Waals surface area contributed by atoms with E-state index in [0.717, 1.165) is 16.5 Å². The molecule has 1 saturated heterocycles. The summed E-state index contributed by atoms with van der Waals surface area (Å²) in [6, 6.07) is 17.2. The van der Waals surface area contributed by atoms with Crippen molar-refractivity contribution in [1.29, 1.82) is 0 Å². The highest BCUT2D eigenvalue weighted by Crippen LogP contribution is 2.26. The molecule has 0 aliphatic carbocycles. The highest BCUT2D eigenvalue weighted by atomic mass is 32.2. The molecule has 1 aliphatic rings. The molecule has 158 valence electrons. The van der Waals surface area contributed by atoms with Crippen molar-refractivity contribution in [3.05, 3.63) is 66.1 Å². The molecule has 2 heterocycles. The summed E-state index contributed by atoms with van der Waals surface area (Å²) in [5, 5.41) is 2.11. The molecule has 1 fully saturated rings. The Morgan fingerprint density at radius 3 is 2.50 bits per heavy atom. The van der Waals surface area contributed by atoms with Crippen molar-refractivity contribution in [3.63, 3.8) is 0 Å². The summed E-state index contributed by atoms with van der Waals surface area (Å²) >= 11 is 0. The molecular formula is C22H24N2O5S. The summed E-state index contributed by atoms with van der Waals surface area (Å²) < 4.78 is 37.0. The van der Waals surface area contributed by atoms with Crippen LogP contribution in [-0.4, -0.2) is 55.5 Å². The summed E-state index contributed by atoms with van der Waals surface area (Å²) in [6.45, 7) is 3.14. The standard InChI is InChI=1S/C22H24N2O5S/c1-2-30(26,27)24-14-12-23(13-15-24)22(25)21-11-10-18(29-21)16-28-20-9-5-7-17-6-3-4-8-19(17)20/h3-11H,2,12-16H2,1H3. The van der Waals surface area contributed by atoms with E-state index in [0.29, 0.717) is 31.9 Å². The Balaban J connectivity index is 1.38. The molecule has 0 saturated carbocycles. The zero-order chi connectivity index (χ0) is 21.1. The van der Waals surface area contributed by atoms with Gasteiger partial charge in [0.1, 0.15) is 18.1 Å². The van der Waals surface area contributed by atoms with Gasteiger partial charge in [0.05, 0.1) is 5.75 Å². The highest BCUT2D eigenvalue weighted by molar-refractivity contribution is 7.89. The maximum atomic E-state index is 12.7. The number of hydrogen-bond acceptors (Lipinski definition) is 5. The molecule has 0 unspecified atom stereocenters. The van der Waals surface area contributed by atoms with Crippen LogP contribution in [-0.2, 0) is 16.6 Å². The van der Waals surface area contributed by atoms with E-state index in [1.807, 2.05) is 42.5 Å². The zero-order valence-electron chi connectivity index (χ0n) is 16.8. The van der Waals surface area contributed by atoms with E-state index in [1.165, 1.54) is 4.31 Å². The number of carbonyl (C=O) groups excluding carboxylic acids is 1. The van der Waals surface area contributed by atoms with Gasteiger partial charge in [-0.3, -0.25) is 4.79 Å². The van der Waals surface area contributed by atoms with Crippen LogP contribution >= 0.6 is 0 Å². The van der Waals surface area contributed by atoms with Crippen molar-refractivity contribution >= 4 is 26.7 Å². The number of hydrogen-bond donors (Lipinski definition) is 0. The molecule has 0 spiro atoms. The van der Waals surface area contributed by atoms with E-state index >= 15 is 0 Å². The minimum Gasteiger partial charge on any atom is -0.485 e. The van der Waals surface area contributed by atoms with Gasteiger partial charge in [0.25, 0.3) is 5.91 Å². The van der Waals surface area contributed by atoms with Crippen molar-refractivity contribution in [2.45, 2.75) is 13.5 Å². The smallest absolute Gasteiger partial charge is 0.289 e. The molecule has 8 heteroatoms. The van der Waals surface area contributed by atoms with Gasteiger partial charge in [0.2, 0.25) is 10.0 Å². The molecule has 1 aromatic heterocycles. The van der Waals surface area contributed by atoms with Crippen LogP contribution in [0.3, 0.4) is 0 Å². The summed E-state index contributed by atoms with van der Waals surface area (Å²) in [5.41, 5.74) is 0. The maximum Gasteiger partial charge on any atom is 0.289 e. The van der Waals surface area contributed by atoms with Crippen molar-refractivity contribution in [2.75, 3.05) is 31.9 Å². The van der Waals surface area contributed by atoms with Crippen LogP contribution in [0.15, 0.2) is 59.0 Å². The van der Waals surface area contributed by atoms with Crippen molar-refractivity contribution < 1.29 is 22.4 Å². The highest BCUT2D eigenvalue weighted by Gasteiger charge is 2.29. The molecule has 3 aromatic rings. The summed E-state index contributed by atoms with van der Waals surface area (Å²) in [5.74, 6) is 1.38. The lowest BCUT2D eigenvalue weighted by Gasteiger charge is -2.33. The number of benzene rings is 2. The number of nitrogens with zero attached hydrogens (tertiary/aromatic N) is 2. The third-order valence-electron chi connectivity index (χ3n) is 5.28. The Morgan fingerprint density at radius 2 is 1.73 bits per heavy atom. The summed E-state index contributed by atoms with van der Waals surface area (Å²) in [6.07, 6.45) is 0. The molecule has 1 aliphatic heterocycles. The number of piperazine rings is 1. The minimum absolute atomic E-state index is 0.0686. The van der Waals surface area contributed by atoms with E-state index in [4.69, 9.17) is 9.15 Å². The van der Waals surface area contributed by atoms with Crippen LogP contribution < -0.4 is 4.74 Å². The number of sulfonamides is 1. The van der Waals surface area contributed by atoms with Gasteiger partial charge in [-0.25, -0.2) is 8.42 Å². The molecule has 30 heavy (non-hydrogen) atoms. The molecular weight excluding hydrogens is 404 g/mol. The topological polar surface area (TPSA) is 80.1 Å². The van der Waals surface area contributed by atoms with E-state index in [-0.39, 0.29) is 24.0 Å². The number of amides is 1. The Morgan fingerprint density at radius 1 is 1.00 bits per heavy atom. The van der Waals surface area contributed by atoms with E-state index < -0.39 is 10.0 Å². The van der Waals surface area contributed by atoms with Gasteiger partial charge in [0.15, 0.2) is 5.76 Å². The molecule has 1 amide bonds. The fourth-order valence-electron chi connectivity index (χ4n) is 3.55. The number of ether oxygens (including phenoxy) is 1. The van der Waals surface area contributed by atoms with Gasteiger partial charge in [-0.05, 0) is 30.5 Å². The lowest BCUT2D eigenvalue weighted by molar-refractivity contribution is 0.0662. The third kappa shape index (κ3) is 4.20. The third-order valence-corrected chi connectivity index (χ3v) is 7.16. The summed E-state index contributed by atoms with van der Waals surface area (Å²) in [4.78, 5) is 14.3. The Labute approximate surface area is 175 Å². The first kappa shape index (κ1) is 20.4. The van der Waals surface area contributed by atoms with Crippen molar-refractivity contribution in [2.24, 2.45) is 0 Å². The van der Waals surface area contributed by atoms with Gasteiger partial charge in [-0.1, -0.05) is 36.4 Å². The van der Waals surface area contributed by atoms with Gasteiger partial charge < -0.3 is 14.1 Å². The number of rotatable bonds is 6. The molecule has 0 bridgehead atoms. The molecule has 7 nitrogen and oxygen atoms in total. The predicted molar refractivity (Wildman–Crippen MR) is 114 cm³/mol. The van der Waals surface area contributed by atoms with Crippen LogP contribution in [0.25, 0.3) is 10.8 Å². The zero-order valence-corrected chi connectivity index (χ0v) is 17.6. The first-order valence-corrected chi connectivity index (χ1v) is 11.6. The molecule has 2 aromatic carbocycles. The fraction of sp³-hybridized carbons (Fsp3) is 0.318. The SMILES string of the molecule is CCS(=O)(=O)N1CCN(C(=O)c2ccc(COc3cccc4ccccc34)o2)CC1. The second kappa shape index (κ2) is 8.49. The lowest BCUT2D eigenvalue weighted by atomic mass is 10.1. The molecule has 0 N–H and O–H groups in total. The average molecular weight is 429 g/mol. The second-order valence-corrected chi connectivity index (χ2v) is 9.38. The van der Waals surface area contributed by atoms with Crippen LogP contribution in [0.4, 0.5) is 0 Å². The van der Waals surface area contributed by atoms with Crippen molar-refractivity contribution in [3.8, 4) is 5.75 Å². The largest absolute Gasteiger partial charge is 0.485 e. The van der Waals surface area contributed by atoms with Crippen molar-refractivity contribution in [1.82, 2.24) is 9.21 Å². The van der Waals surface area contributed by atoms with Gasteiger partial charge in [-0.2, -0.15) is 4.31 Å². The average Bonchev–Trinajstić information content (AvgIpc) is 3.26. The number of furan rings is 1. The second-order valence-electron chi connectivity index (χ2n) is 7.12. The lowest BCUT2D eigenvalue weighted by Crippen LogP contribution is -2.50. The maximum absolute atomic E-state index is 12.7. The Bertz CT molecular complexity index is 1140.